The van der Waals surface area contributed by atoms with Gasteiger partial charge in [-0.05, 0) is 52.3 Å². The fraction of sp³-hybridized carbons (Fsp3) is 0.214. The van der Waals surface area contributed by atoms with Gasteiger partial charge in [-0.3, -0.25) is 4.79 Å². The van der Waals surface area contributed by atoms with Gasteiger partial charge in [0.15, 0.2) is 20.3 Å². The molecule has 5 nitrogen and oxygen atoms in total. The van der Waals surface area contributed by atoms with Gasteiger partial charge in [-0.1, -0.05) is 11.6 Å². The number of halogens is 2. The van der Waals surface area contributed by atoms with Gasteiger partial charge in [0.1, 0.15) is 5.25 Å². The number of hydrogen-bond donors (Lipinski definition) is 0. The van der Waals surface area contributed by atoms with Gasteiger partial charge in [-0.15, -0.1) is 0 Å². The van der Waals surface area contributed by atoms with Gasteiger partial charge in [0.25, 0.3) is 5.91 Å². The van der Waals surface area contributed by atoms with E-state index >= 15 is 0 Å². The lowest BCUT2D eigenvalue weighted by atomic mass is 10.2. The molecule has 1 aliphatic rings. The fourth-order valence-corrected chi connectivity index (χ4v) is 4.29. The summed E-state index contributed by atoms with van der Waals surface area (Å²) in [4.78, 5) is 13.8. The van der Waals surface area contributed by atoms with E-state index < -0.39 is 15.1 Å². The summed E-state index contributed by atoms with van der Waals surface area (Å²) in [5, 5.41) is -0.121. The molecule has 1 aromatic heterocycles. The first kappa shape index (κ1) is 15.6. The second-order valence-corrected chi connectivity index (χ2v) is 8.38. The molecule has 8 heteroatoms. The molecule has 0 unspecified atom stereocenters. The van der Waals surface area contributed by atoms with Crippen molar-refractivity contribution in [1.29, 1.82) is 0 Å². The van der Waals surface area contributed by atoms with Gasteiger partial charge in [0.05, 0.1) is 4.90 Å². The number of furan rings is 1. The van der Waals surface area contributed by atoms with Crippen LogP contribution < -0.4 is 0 Å². The molecule has 1 aromatic carbocycles. The van der Waals surface area contributed by atoms with E-state index in [0.29, 0.717) is 9.69 Å². The van der Waals surface area contributed by atoms with Crippen LogP contribution in [0.2, 0.25) is 5.02 Å². The Bertz CT molecular complexity index is 810. The molecule has 0 atom stereocenters. The fourth-order valence-electron chi connectivity index (χ4n) is 2.20. The number of sulfone groups is 1. The number of carbonyl (C=O) groups excluding carboxylic acids is 1. The maximum absolute atomic E-state index is 12.4. The smallest absolute Gasteiger partial charge is 0.289 e. The van der Waals surface area contributed by atoms with Crippen molar-refractivity contribution in [3.8, 4) is 0 Å². The minimum atomic E-state index is -3.45. The molecule has 0 saturated carbocycles. The highest BCUT2D eigenvalue weighted by Crippen LogP contribution is 2.26. The van der Waals surface area contributed by atoms with Gasteiger partial charge in [-0.25, -0.2) is 8.42 Å². The van der Waals surface area contributed by atoms with Crippen LogP contribution in [0.3, 0.4) is 0 Å². The lowest BCUT2D eigenvalue weighted by Gasteiger charge is -2.38. The highest BCUT2D eigenvalue weighted by atomic mass is 79.9. The van der Waals surface area contributed by atoms with Crippen LogP contribution in [-0.2, 0) is 9.84 Å². The van der Waals surface area contributed by atoms with E-state index in [0.717, 1.165) is 0 Å². The van der Waals surface area contributed by atoms with E-state index in [1.54, 1.807) is 12.1 Å². The molecule has 0 bridgehead atoms. The summed E-state index contributed by atoms with van der Waals surface area (Å²) in [5.41, 5.74) is 0. The monoisotopic (exact) mass is 403 g/mol. The van der Waals surface area contributed by atoms with Crippen LogP contribution >= 0.6 is 27.5 Å². The molecule has 1 saturated heterocycles. The molecule has 2 aromatic rings. The van der Waals surface area contributed by atoms with Gasteiger partial charge in [-0.2, -0.15) is 0 Å². The van der Waals surface area contributed by atoms with E-state index in [9.17, 15) is 13.2 Å². The quantitative estimate of drug-likeness (QED) is 0.789. The Kier molecular flexibility index (Phi) is 4.05. The molecule has 0 spiro atoms. The maximum atomic E-state index is 12.4. The van der Waals surface area contributed by atoms with Crippen LogP contribution in [0.4, 0.5) is 0 Å². The van der Waals surface area contributed by atoms with Crippen molar-refractivity contribution in [3.63, 3.8) is 0 Å². The van der Waals surface area contributed by atoms with Crippen LogP contribution in [-0.4, -0.2) is 37.6 Å². The SMILES string of the molecule is O=C(c1ccc(Br)o1)N1CC(S(=O)(=O)c2ccc(Cl)cc2)C1. The average molecular weight is 405 g/mol. The maximum Gasteiger partial charge on any atom is 0.289 e. The molecule has 1 amide bonds. The second-order valence-electron chi connectivity index (χ2n) is 4.93. The standard InChI is InChI=1S/C14H11BrClNO4S/c15-13-6-5-12(21-13)14(18)17-7-11(8-17)22(19,20)10-3-1-9(16)2-4-10/h1-6,11H,7-8H2. The number of carbonyl (C=O) groups is 1. The molecular formula is C14H11BrClNO4S. The summed E-state index contributed by atoms with van der Waals surface area (Å²) in [6.45, 7) is 0.310. The normalized spacial score (nSPS) is 15.6. The summed E-state index contributed by atoms with van der Waals surface area (Å²) in [6.07, 6.45) is 0. The molecule has 3 rings (SSSR count). The van der Waals surface area contributed by atoms with Gasteiger partial charge < -0.3 is 9.32 Å². The van der Waals surface area contributed by atoms with Crippen molar-refractivity contribution in [1.82, 2.24) is 4.90 Å². The van der Waals surface area contributed by atoms with E-state index in [1.807, 2.05) is 0 Å². The third-order valence-electron chi connectivity index (χ3n) is 3.50. The zero-order valence-electron chi connectivity index (χ0n) is 11.2. The van der Waals surface area contributed by atoms with Gasteiger partial charge in [0, 0.05) is 18.1 Å². The second kappa shape index (κ2) is 5.72. The zero-order chi connectivity index (χ0) is 15.9. The summed E-state index contributed by atoms with van der Waals surface area (Å²) < 4.78 is 30.5. The number of rotatable bonds is 3. The summed E-state index contributed by atoms with van der Waals surface area (Å²) in [7, 11) is -3.45. The molecule has 0 radical (unpaired) electrons. The molecule has 1 aliphatic heterocycles. The predicted molar refractivity (Wildman–Crippen MR) is 84.7 cm³/mol. The molecule has 116 valence electrons. The molecular weight excluding hydrogens is 394 g/mol. The Balaban J connectivity index is 1.70. The minimum Gasteiger partial charge on any atom is -0.444 e. The Morgan fingerprint density at radius 3 is 2.36 bits per heavy atom. The van der Waals surface area contributed by atoms with E-state index in [2.05, 4.69) is 15.9 Å². The highest BCUT2D eigenvalue weighted by molar-refractivity contribution is 9.10. The van der Waals surface area contributed by atoms with Crippen LogP contribution in [0.25, 0.3) is 0 Å². The Labute approximate surface area is 140 Å². The van der Waals surface area contributed by atoms with Crippen molar-refractivity contribution in [2.45, 2.75) is 10.1 Å². The van der Waals surface area contributed by atoms with Crippen molar-refractivity contribution in [2.75, 3.05) is 13.1 Å². The van der Waals surface area contributed by atoms with Gasteiger partial charge >= 0.3 is 0 Å². The highest BCUT2D eigenvalue weighted by Gasteiger charge is 2.41. The Morgan fingerprint density at radius 2 is 1.82 bits per heavy atom. The van der Waals surface area contributed by atoms with E-state index in [4.69, 9.17) is 16.0 Å². The predicted octanol–water partition coefficient (Wildman–Crippen LogP) is 2.99. The first-order valence-corrected chi connectivity index (χ1v) is 9.14. The summed E-state index contributed by atoms with van der Waals surface area (Å²) >= 11 is 8.89. The van der Waals surface area contributed by atoms with Gasteiger partial charge in [0.2, 0.25) is 0 Å². The molecule has 0 aliphatic carbocycles. The lowest BCUT2D eigenvalue weighted by Crippen LogP contribution is -2.56. The van der Waals surface area contributed by atoms with Crippen LogP contribution in [0.15, 0.2) is 50.4 Å². The Morgan fingerprint density at radius 1 is 1.18 bits per heavy atom. The summed E-state index contributed by atoms with van der Waals surface area (Å²) in [5.74, 6) is -0.123. The first-order valence-electron chi connectivity index (χ1n) is 6.42. The largest absolute Gasteiger partial charge is 0.444 e. The molecule has 0 N–H and O–H groups in total. The molecule has 22 heavy (non-hydrogen) atoms. The van der Waals surface area contributed by atoms with Crippen molar-refractivity contribution >= 4 is 43.3 Å². The lowest BCUT2D eigenvalue weighted by molar-refractivity contribution is 0.0624. The van der Waals surface area contributed by atoms with Crippen LogP contribution in [0.5, 0.6) is 0 Å². The number of likely N-dealkylation sites (tertiary alicyclic amines) is 1. The third kappa shape index (κ3) is 2.80. The zero-order valence-corrected chi connectivity index (χ0v) is 14.4. The van der Waals surface area contributed by atoms with E-state index in [1.165, 1.54) is 29.2 Å². The number of nitrogens with zero attached hydrogens (tertiary/aromatic N) is 1. The Hall–Kier alpha value is -1.31. The molecule has 2 heterocycles. The first-order chi connectivity index (χ1) is 10.4. The topological polar surface area (TPSA) is 67.6 Å². The summed E-state index contributed by atoms with van der Waals surface area (Å²) in [6, 6.07) is 9.20. The van der Waals surface area contributed by atoms with Crippen molar-refractivity contribution < 1.29 is 17.6 Å². The number of amides is 1. The number of hydrogen-bond acceptors (Lipinski definition) is 4. The number of benzene rings is 1. The molecule has 1 fully saturated rings. The van der Waals surface area contributed by atoms with Crippen LogP contribution in [0.1, 0.15) is 10.6 Å². The van der Waals surface area contributed by atoms with E-state index in [-0.39, 0.29) is 29.7 Å². The average Bonchev–Trinajstić information content (AvgIpc) is 2.84. The minimum absolute atomic E-state index is 0.155. The third-order valence-corrected chi connectivity index (χ3v) is 6.28. The van der Waals surface area contributed by atoms with Crippen molar-refractivity contribution in [3.05, 3.63) is 51.9 Å². The van der Waals surface area contributed by atoms with Crippen molar-refractivity contribution in [2.24, 2.45) is 0 Å². The van der Waals surface area contributed by atoms with Crippen LogP contribution in [0, 0.1) is 0 Å².